The number of nitrogens with one attached hydrogen (secondary N) is 1. The van der Waals surface area contributed by atoms with Gasteiger partial charge in [-0.05, 0) is 30.7 Å². The molecule has 0 aliphatic rings. The van der Waals surface area contributed by atoms with Crippen LogP contribution in [0, 0.1) is 6.92 Å². The number of hydrogen-bond acceptors (Lipinski definition) is 5. The second kappa shape index (κ2) is 7.93. The molecule has 1 aromatic heterocycles. The fourth-order valence-corrected chi connectivity index (χ4v) is 2.76. The van der Waals surface area contributed by atoms with Crippen LogP contribution in [0.3, 0.4) is 0 Å². The minimum absolute atomic E-state index is 0.230. The van der Waals surface area contributed by atoms with Crippen LogP contribution in [0.1, 0.15) is 20.8 Å². The van der Waals surface area contributed by atoms with Crippen molar-refractivity contribution in [3.05, 3.63) is 51.7 Å². The molecule has 0 spiro atoms. The number of aliphatic hydroxyl groups excluding tert-OH is 1. The van der Waals surface area contributed by atoms with Crippen LogP contribution in [-0.2, 0) is 6.54 Å². The van der Waals surface area contributed by atoms with E-state index in [4.69, 9.17) is 10.5 Å². The highest BCUT2D eigenvalue weighted by Gasteiger charge is 2.07. The molecule has 1 heterocycles. The van der Waals surface area contributed by atoms with E-state index in [9.17, 15) is 9.90 Å². The number of rotatable bonds is 8. The molecule has 0 saturated carbocycles. The highest BCUT2D eigenvalue weighted by molar-refractivity contribution is 7.10. The van der Waals surface area contributed by atoms with Crippen molar-refractivity contribution >= 4 is 17.2 Å². The second-order valence-electron chi connectivity index (χ2n) is 5.08. The average Bonchev–Trinajstić information content (AvgIpc) is 2.94. The molecule has 2 rings (SSSR count). The van der Waals surface area contributed by atoms with Crippen LogP contribution in [0.2, 0.25) is 0 Å². The molecular formula is C16H20N2O3S. The third kappa shape index (κ3) is 5.14. The molecule has 1 amide bonds. The molecule has 22 heavy (non-hydrogen) atoms. The van der Waals surface area contributed by atoms with E-state index in [2.05, 4.69) is 5.32 Å². The van der Waals surface area contributed by atoms with Crippen LogP contribution in [0.5, 0.6) is 5.75 Å². The van der Waals surface area contributed by atoms with Gasteiger partial charge < -0.3 is 20.9 Å². The largest absolute Gasteiger partial charge is 0.491 e. The zero-order valence-corrected chi connectivity index (χ0v) is 13.2. The summed E-state index contributed by atoms with van der Waals surface area (Å²) in [7, 11) is 0. The maximum atomic E-state index is 11.0. The summed E-state index contributed by atoms with van der Waals surface area (Å²) in [6, 6.07) is 9.46. The molecule has 0 aliphatic heterocycles. The summed E-state index contributed by atoms with van der Waals surface area (Å²) in [6.45, 7) is 3.22. The van der Waals surface area contributed by atoms with Gasteiger partial charge in [0.25, 0.3) is 0 Å². The molecule has 5 nitrogen and oxygen atoms in total. The number of primary amides is 1. The minimum Gasteiger partial charge on any atom is -0.491 e. The lowest BCUT2D eigenvalue weighted by molar-refractivity contribution is 0.100. The Morgan fingerprint density at radius 3 is 2.95 bits per heavy atom. The fraction of sp³-hybridized carbons (Fsp3) is 0.312. The lowest BCUT2D eigenvalue weighted by atomic mass is 10.2. The predicted octanol–water partition coefficient (Wildman–Crippen LogP) is 1.68. The van der Waals surface area contributed by atoms with Crippen molar-refractivity contribution in [1.29, 1.82) is 0 Å². The summed E-state index contributed by atoms with van der Waals surface area (Å²) >= 11 is 1.47. The van der Waals surface area contributed by atoms with Gasteiger partial charge in [0.05, 0.1) is 5.56 Å². The number of aliphatic hydroxyl groups is 1. The molecule has 1 unspecified atom stereocenters. The van der Waals surface area contributed by atoms with Gasteiger partial charge in [0.2, 0.25) is 5.91 Å². The Kier molecular flexibility index (Phi) is 5.94. The zero-order valence-electron chi connectivity index (χ0n) is 12.4. The molecule has 0 radical (unpaired) electrons. The summed E-state index contributed by atoms with van der Waals surface area (Å²) < 4.78 is 5.54. The van der Waals surface area contributed by atoms with E-state index in [-0.39, 0.29) is 6.61 Å². The molecule has 118 valence electrons. The van der Waals surface area contributed by atoms with E-state index >= 15 is 0 Å². The lowest BCUT2D eigenvalue weighted by Gasteiger charge is -2.13. The summed E-state index contributed by atoms with van der Waals surface area (Å²) in [5.74, 6) is 0.331. The van der Waals surface area contributed by atoms with Gasteiger partial charge in [0.15, 0.2) is 0 Å². The van der Waals surface area contributed by atoms with Crippen molar-refractivity contribution in [2.24, 2.45) is 5.73 Å². The standard InChI is InChI=1S/C16H20N2O3S/c1-11-3-2-4-14(5-11)21-9-13(19)7-18-8-15-6-12(10-22-15)16(17)20/h2-6,10,13,18-19H,7-9H2,1H3,(H2,17,20). The number of carbonyl (C=O) groups is 1. The fourth-order valence-electron chi connectivity index (χ4n) is 1.92. The molecule has 0 fully saturated rings. The maximum absolute atomic E-state index is 11.0. The number of ether oxygens (including phenoxy) is 1. The minimum atomic E-state index is -0.601. The third-order valence-electron chi connectivity index (χ3n) is 3.05. The van der Waals surface area contributed by atoms with Crippen molar-refractivity contribution in [2.45, 2.75) is 19.6 Å². The van der Waals surface area contributed by atoms with Crippen molar-refractivity contribution in [2.75, 3.05) is 13.2 Å². The number of benzene rings is 1. The first-order chi connectivity index (χ1) is 10.5. The number of thiophene rings is 1. The van der Waals surface area contributed by atoms with Crippen molar-refractivity contribution in [1.82, 2.24) is 5.32 Å². The Bertz CT molecular complexity index is 627. The van der Waals surface area contributed by atoms with E-state index in [1.54, 1.807) is 11.4 Å². The molecule has 1 atom stereocenters. The molecule has 1 aromatic carbocycles. The molecule has 0 bridgehead atoms. The second-order valence-corrected chi connectivity index (χ2v) is 6.07. The Balaban J connectivity index is 1.69. The first-order valence-corrected chi connectivity index (χ1v) is 7.88. The molecule has 4 N–H and O–H groups in total. The number of aryl methyl sites for hydroxylation is 1. The average molecular weight is 320 g/mol. The number of carbonyl (C=O) groups excluding carboxylic acids is 1. The summed E-state index contributed by atoms with van der Waals surface area (Å²) in [5.41, 5.74) is 6.84. The van der Waals surface area contributed by atoms with Crippen LogP contribution in [0.25, 0.3) is 0 Å². The Labute approximate surface area is 133 Å². The smallest absolute Gasteiger partial charge is 0.249 e. The van der Waals surface area contributed by atoms with Gasteiger partial charge in [0, 0.05) is 23.3 Å². The SMILES string of the molecule is Cc1cccc(OCC(O)CNCc2cc(C(N)=O)cs2)c1. The Morgan fingerprint density at radius 2 is 2.27 bits per heavy atom. The van der Waals surface area contributed by atoms with E-state index < -0.39 is 12.0 Å². The molecule has 0 saturated heterocycles. The highest BCUT2D eigenvalue weighted by Crippen LogP contribution is 2.14. The Hall–Kier alpha value is -1.89. The first kappa shape index (κ1) is 16.5. The van der Waals surface area contributed by atoms with Crippen LogP contribution >= 0.6 is 11.3 Å². The van der Waals surface area contributed by atoms with Gasteiger partial charge in [0.1, 0.15) is 18.5 Å². The highest BCUT2D eigenvalue weighted by atomic mass is 32.1. The number of nitrogens with two attached hydrogens (primary N) is 1. The van der Waals surface area contributed by atoms with Gasteiger partial charge >= 0.3 is 0 Å². The third-order valence-corrected chi connectivity index (χ3v) is 3.99. The van der Waals surface area contributed by atoms with E-state index in [1.165, 1.54) is 11.3 Å². The van der Waals surface area contributed by atoms with Crippen molar-refractivity contribution < 1.29 is 14.6 Å². The van der Waals surface area contributed by atoms with E-state index in [0.29, 0.717) is 18.7 Å². The van der Waals surface area contributed by atoms with Gasteiger partial charge in [-0.15, -0.1) is 11.3 Å². The van der Waals surface area contributed by atoms with Crippen molar-refractivity contribution in [3.8, 4) is 5.75 Å². The quantitative estimate of drug-likeness (QED) is 0.691. The topological polar surface area (TPSA) is 84.6 Å². The van der Waals surface area contributed by atoms with Crippen LogP contribution in [0.15, 0.2) is 35.7 Å². The predicted molar refractivity (Wildman–Crippen MR) is 87.2 cm³/mol. The Morgan fingerprint density at radius 1 is 1.45 bits per heavy atom. The number of hydrogen-bond donors (Lipinski definition) is 3. The molecule has 0 aliphatic carbocycles. The van der Waals surface area contributed by atoms with Crippen LogP contribution in [-0.4, -0.2) is 30.3 Å². The van der Waals surface area contributed by atoms with Crippen LogP contribution in [0.4, 0.5) is 0 Å². The molecule has 6 heteroatoms. The number of amides is 1. The first-order valence-electron chi connectivity index (χ1n) is 7.00. The van der Waals surface area contributed by atoms with Gasteiger partial charge in [-0.25, -0.2) is 0 Å². The van der Waals surface area contributed by atoms with Crippen molar-refractivity contribution in [3.63, 3.8) is 0 Å². The summed E-state index contributed by atoms with van der Waals surface area (Å²) in [5, 5.41) is 14.8. The monoisotopic (exact) mass is 320 g/mol. The van der Waals surface area contributed by atoms with Gasteiger partial charge in [-0.1, -0.05) is 12.1 Å². The summed E-state index contributed by atoms with van der Waals surface area (Å²) in [4.78, 5) is 12.0. The van der Waals surface area contributed by atoms with Gasteiger partial charge in [-0.3, -0.25) is 4.79 Å². The molecule has 2 aromatic rings. The van der Waals surface area contributed by atoms with E-state index in [0.717, 1.165) is 16.2 Å². The van der Waals surface area contributed by atoms with Gasteiger partial charge in [-0.2, -0.15) is 0 Å². The summed E-state index contributed by atoms with van der Waals surface area (Å²) in [6.07, 6.45) is -0.601. The maximum Gasteiger partial charge on any atom is 0.249 e. The lowest BCUT2D eigenvalue weighted by Crippen LogP contribution is -2.31. The van der Waals surface area contributed by atoms with Crippen LogP contribution < -0.4 is 15.8 Å². The normalized spacial score (nSPS) is 12.1. The van der Waals surface area contributed by atoms with E-state index in [1.807, 2.05) is 31.2 Å². The molecular weight excluding hydrogens is 300 g/mol. The zero-order chi connectivity index (χ0) is 15.9.